The Morgan fingerprint density at radius 3 is 2.40 bits per heavy atom. The Labute approximate surface area is 95.8 Å². The van der Waals surface area contributed by atoms with Gasteiger partial charge in [0, 0.05) is 25.8 Å². The van der Waals surface area contributed by atoms with Crippen molar-refractivity contribution in [1.29, 1.82) is 0 Å². The lowest BCUT2D eigenvalue weighted by atomic mass is 9.89. The molecule has 0 radical (unpaired) electrons. The summed E-state index contributed by atoms with van der Waals surface area (Å²) in [5.41, 5.74) is 0.344. The summed E-state index contributed by atoms with van der Waals surface area (Å²) in [5, 5.41) is 3.48. The van der Waals surface area contributed by atoms with Gasteiger partial charge < -0.3 is 10.1 Å². The molecule has 0 fully saturated rings. The highest BCUT2D eigenvalue weighted by atomic mass is 16.5. The van der Waals surface area contributed by atoms with Gasteiger partial charge in [-0.3, -0.25) is 0 Å². The minimum absolute atomic E-state index is 0.344. The molecular formula is C13H29NO. The van der Waals surface area contributed by atoms with E-state index in [-0.39, 0.29) is 0 Å². The smallest absolute Gasteiger partial charge is 0.0471 e. The molecule has 0 aromatic heterocycles. The van der Waals surface area contributed by atoms with Crippen LogP contribution in [0, 0.1) is 5.41 Å². The first kappa shape index (κ1) is 14.9. The van der Waals surface area contributed by atoms with Crippen molar-refractivity contribution < 1.29 is 4.74 Å². The molecule has 0 aliphatic rings. The quantitative estimate of drug-likeness (QED) is 0.596. The first-order valence-electron chi connectivity index (χ1n) is 6.29. The van der Waals surface area contributed by atoms with Crippen LogP contribution in [-0.4, -0.2) is 25.8 Å². The highest BCUT2D eigenvalue weighted by molar-refractivity contribution is 4.72. The van der Waals surface area contributed by atoms with Crippen molar-refractivity contribution in [1.82, 2.24) is 5.32 Å². The summed E-state index contributed by atoms with van der Waals surface area (Å²) in [4.78, 5) is 0. The lowest BCUT2D eigenvalue weighted by Gasteiger charge is -2.26. The van der Waals surface area contributed by atoms with Gasteiger partial charge in [-0.1, -0.05) is 41.0 Å². The third-order valence-electron chi connectivity index (χ3n) is 2.55. The maximum absolute atomic E-state index is 5.59. The van der Waals surface area contributed by atoms with Gasteiger partial charge >= 0.3 is 0 Å². The molecule has 0 aromatic rings. The van der Waals surface area contributed by atoms with E-state index in [1.807, 2.05) is 0 Å². The number of unbranched alkanes of at least 4 members (excludes halogenated alkanes) is 1. The fourth-order valence-electron chi connectivity index (χ4n) is 1.27. The zero-order valence-electron chi connectivity index (χ0n) is 11.2. The Bertz CT molecular complexity index is 143. The van der Waals surface area contributed by atoms with Gasteiger partial charge in [0.05, 0.1) is 0 Å². The van der Waals surface area contributed by atoms with Gasteiger partial charge in [-0.25, -0.2) is 0 Å². The van der Waals surface area contributed by atoms with E-state index in [2.05, 4.69) is 39.9 Å². The lowest BCUT2D eigenvalue weighted by Crippen LogP contribution is -2.34. The molecule has 0 aliphatic carbocycles. The van der Waals surface area contributed by atoms with Crippen LogP contribution in [0.1, 0.15) is 53.9 Å². The predicted octanol–water partition coefficient (Wildman–Crippen LogP) is 3.22. The first-order chi connectivity index (χ1) is 6.98. The first-order valence-corrected chi connectivity index (χ1v) is 6.29. The van der Waals surface area contributed by atoms with Crippen molar-refractivity contribution in [3.63, 3.8) is 0 Å². The van der Waals surface area contributed by atoms with Gasteiger partial charge in [0.2, 0.25) is 0 Å². The van der Waals surface area contributed by atoms with Crippen LogP contribution in [0.3, 0.4) is 0 Å². The second-order valence-corrected chi connectivity index (χ2v) is 5.42. The van der Waals surface area contributed by atoms with Crippen molar-refractivity contribution in [3.8, 4) is 0 Å². The SMILES string of the molecule is CCCCOCCC(C)(C)CNC(C)C. The maximum Gasteiger partial charge on any atom is 0.0471 e. The molecule has 0 heterocycles. The molecule has 0 aliphatic heterocycles. The predicted molar refractivity (Wildman–Crippen MR) is 67.3 cm³/mol. The van der Waals surface area contributed by atoms with E-state index in [4.69, 9.17) is 4.74 Å². The molecule has 0 rings (SSSR count). The molecule has 0 aromatic carbocycles. The Kier molecular flexibility index (Phi) is 8.07. The van der Waals surface area contributed by atoms with E-state index in [0.717, 1.165) is 26.2 Å². The maximum atomic E-state index is 5.59. The van der Waals surface area contributed by atoms with Crippen LogP contribution in [0.25, 0.3) is 0 Å². The zero-order valence-corrected chi connectivity index (χ0v) is 11.2. The van der Waals surface area contributed by atoms with Crippen LogP contribution >= 0.6 is 0 Å². The number of ether oxygens (including phenoxy) is 1. The molecule has 0 bridgehead atoms. The van der Waals surface area contributed by atoms with Crippen molar-refractivity contribution in [2.75, 3.05) is 19.8 Å². The fourth-order valence-corrected chi connectivity index (χ4v) is 1.27. The van der Waals surface area contributed by atoms with Crippen LogP contribution in [0.4, 0.5) is 0 Å². The van der Waals surface area contributed by atoms with Crippen molar-refractivity contribution >= 4 is 0 Å². The van der Waals surface area contributed by atoms with Crippen LogP contribution in [0.2, 0.25) is 0 Å². The summed E-state index contributed by atoms with van der Waals surface area (Å²) in [6, 6.07) is 0.574. The average Bonchev–Trinajstić information content (AvgIpc) is 2.15. The third kappa shape index (κ3) is 10.2. The van der Waals surface area contributed by atoms with Gasteiger partial charge in [0.1, 0.15) is 0 Å². The third-order valence-corrected chi connectivity index (χ3v) is 2.55. The summed E-state index contributed by atoms with van der Waals surface area (Å²) in [5.74, 6) is 0. The minimum Gasteiger partial charge on any atom is -0.381 e. The molecule has 0 unspecified atom stereocenters. The normalized spacial score (nSPS) is 12.4. The van der Waals surface area contributed by atoms with Gasteiger partial charge in [-0.15, -0.1) is 0 Å². The zero-order chi connectivity index (χ0) is 11.7. The van der Waals surface area contributed by atoms with Crippen LogP contribution in [0.5, 0.6) is 0 Å². The Hall–Kier alpha value is -0.0800. The van der Waals surface area contributed by atoms with Crippen LogP contribution in [-0.2, 0) is 4.74 Å². The van der Waals surface area contributed by atoms with Crippen molar-refractivity contribution in [2.45, 2.75) is 59.9 Å². The molecule has 0 saturated heterocycles. The van der Waals surface area contributed by atoms with Gasteiger partial charge in [-0.2, -0.15) is 0 Å². The summed E-state index contributed by atoms with van der Waals surface area (Å²) in [6.07, 6.45) is 3.54. The molecule has 0 spiro atoms. The molecule has 0 atom stereocenters. The Balaban J connectivity index is 3.46. The van der Waals surface area contributed by atoms with Gasteiger partial charge in [0.25, 0.3) is 0 Å². The highest BCUT2D eigenvalue weighted by Crippen LogP contribution is 2.19. The summed E-state index contributed by atoms with van der Waals surface area (Å²) >= 11 is 0. The summed E-state index contributed by atoms with van der Waals surface area (Å²) < 4.78 is 5.59. The lowest BCUT2D eigenvalue weighted by molar-refractivity contribution is 0.101. The Morgan fingerprint density at radius 2 is 1.87 bits per heavy atom. The molecule has 0 saturated carbocycles. The molecule has 2 heteroatoms. The second-order valence-electron chi connectivity index (χ2n) is 5.42. The Morgan fingerprint density at radius 1 is 1.20 bits per heavy atom. The number of rotatable bonds is 9. The van der Waals surface area contributed by atoms with E-state index in [1.54, 1.807) is 0 Å². The van der Waals surface area contributed by atoms with Gasteiger partial charge in [-0.05, 0) is 18.3 Å². The largest absolute Gasteiger partial charge is 0.381 e. The molecule has 1 N–H and O–H groups in total. The molecule has 15 heavy (non-hydrogen) atoms. The molecule has 2 nitrogen and oxygen atoms in total. The van der Waals surface area contributed by atoms with E-state index in [0.29, 0.717) is 11.5 Å². The van der Waals surface area contributed by atoms with Crippen molar-refractivity contribution in [3.05, 3.63) is 0 Å². The van der Waals surface area contributed by atoms with E-state index in [9.17, 15) is 0 Å². The minimum atomic E-state index is 0.344. The second kappa shape index (κ2) is 8.12. The number of hydrogen-bond acceptors (Lipinski definition) is 2. The van der Waals surface area contributed by atoms with Crippen LogP contribution < -0.4 is 5.32 Å². The average molecular weight is 215 g/mol. The van der Waals surface area contributed by atoms with E-state index in [1.165, 1.54) is 12.8 Å². The summed E-state index contributed by atoms with van der Waals surface area (Å²) in [6.45, 7) is 14.1. The fraction of sp³-hybridized carbons (Fsp3) is 1.00. The van der Waals surface area contributed by atoms with Gasteiger partial charge in [0.15, 0.2) is 0 Å². The molecular weight excluding hydrogens is 186 g/mol. The van der Waals surface area contributed by atoms with Crippen molar-refractivity contribution in [2.24, 2.45) is 5.41 Å². The highest BCUT2D eigenvalue weighted by Gasteiger charge is 2.17. The van der Waals surface area contributed by atoms with E-state index >= 15 is 0 Å². The summed E-state index contributed by atoms with van der Waals surface area (Å²) in [7, 11) is 0. The molecule has 92 valence electrons. The molecule has 0 amide bonds. The number of nitrogens with one attached hydrogen (secondary N) is 1. The topological polar surface area (TPSA) is 21.3 Å². The van der Waals surface area contributed by atoms with E-state index < -0.39 is 0 Å². The standard InChI is InChI=1S/C13H29NO/c1-6-7-9-15-10-8-13(4,5)11-14-12(2)3/h12,14H,6-11H2,1-5H3. The van der Waals surface area contributed by atoms with Crippen LogP contribution in [0.15, 0.2) is 0 Å². The number of hydrogen-bond donors (Lipinski definition) is 1. The monoisotopic (exact) mass is 215 g/mol.